The molecule has 1 aliphatic rings. The first-order valence-corrected chi connectivity index (χ1v) is 8.89. The number of anilines is 1. The summed E-state index contributed by atoms with van der Waals surface area (Å²) in [6.07, 6.45) is 0.520. The molecule has 2 unspecified atom stereocenters. The molecule has 1 saturated heterocycles. The van der Waals surface area contributed by atoms with Crippen LogP contribution in [-0.4, -0.2) is 17.6 Å². The molecule has 1 N–H and O–H groups in total. The molecule has 2 aromatic rings. The third-order valence-corrected chi connectivity index (χ3v) is 5.50. The van der Waals surface area contributed by atoms with Crippen LogP contribution in [0.3, 0.4) is 0 Å². The smallest absolute Gasteiger partial charge is 0.227 e. The maximum atomic E-state index is 14.2. The lowest BCUT2D eigenvalue weighted by atomic mass is 9.78. The summed E-state index contributed by atoms with van der Waals surface area (Å²) in [6, 6.07) is 7.98. The van der Waals surface area contributed by atoms with Gasteiger partial charge in [-0.1, -0.05) is 35.3 Å². The van der Waals surface area contributed by atoms with E-state index < -0.39 is 23.2 Å². The number of benzene rings is 2. The van der Waals surface area contributed by atoms with Crippen LogP contribution in [0, 0.1) is 17.6 Å². The fraction of sp³-hybridized carbons (Fsp3) is 0.316. The molecule has 1 amide bonds. The fourth-order valence-electron chi connectivity index (χ4n) is 3.39. The van der Waals surface area contributed by atoms with Crippen molar-refractivity contribution in [3.8, 4) is 0 Å². The standard InChI is InChI=1S/C19H17Cl2F2NO2/c1-19(26,13-7-6-12(22)9-16(13)23)11-5-8-17(25)24(10-11)18-14(20)3-2-4-15(18)21/h2-4,6-7,9,11,26H,5,8,10H2,1H3. The van der Waals surface area contributed by atoms with Crippen LogP contribution in [0.4, 0.5) is 14.5 Å². The average Bonchev–Trinajstić information content (AvgIpc) is 2.55. The summed E-state index contributed by atoms with van der Waals surface area (Å²) in [6.45, 7) is 1.59. The maximum Gasteiger partial charge on any atom is 0.227 e. The third-order valence-electron chi connectivity index (χ3n) is 4.89. The van der Waals surface area contributed by atoms with E-state index in [-0.39, 0.29) is 24.4 Å². The summed E-state index contributed by atoms with van der Waals surface area (Å²) >= 11 is 12.4. The number of carbonyl (C=O) groups is 1. The summed E-state index contributed by atoms with van der Waals surface area (Å²) in [5.74, 6) is -2.20. The van der Waals surface area contributed by atoms with Crippen molar-refractivity contribution in [3.05, 3.63) is 63.6 Å². The second kappa shape index (κ2) is 7.14. The van der Waals surface area contributed by atoms with Crippen molar-refractivity contribution in [2.24, 2.45) is 5.92 Å². The molecule has 1 fully saturated rings. The molecule has 0 spiro atoms. The van der Waals surface area contributed by atoms with Gasteiger partial charge in [0.1, 0.15) is 11.6 Å². The number of nitrogens with zero attached hydrogens (tertiary/aromatic N) is 1. The number of piperidine rings is 1. The highest BCUT2D eigenvalue weighted by molar-refractivity contribution is 6.39. The minimum absolute atomic E-state index is 0.0107. The van der Waals surface area contributed by atoms with E-state index in [0.29, 0.717) is 22.2 Å². The lowest BCUT2D eigenvalue weighted by Crippen LogP contribution is -2.48. The van der Waals surface area contributed by atoms with Crippen LogP contribution in [0.25, 0.3) is 0 Å². The van der Waals surface area contributed by atoms with Crippen LogP contribution >= 0.6 is 23.2 Å². The molecule has 1 aliphatic heterocycles. The molecule has 3 nitrogen and oxygen atoms in total. The van der Waals surface area contributed by atoms with Gasteiger partial charge >= 0.3 is 0 Å². The second-order valence-corrected chi connectivity index (χ2v) is 7.40. The van der Waals surface area contributed by atoms with Crippen LogP contribution in [-0.2, 0) is 10.4 Å². The monoisotopic (exact) mass is 399 g/mol. The Morgan fingerprint density at radius 2 is 1.85 bits per heavy atom. The number of aliphatic hydroxyl groups is 1. The third kappa shape index (κ3) is 3.43. The van der Waals surface area contributed by atoms with Gasteiger partial charge in [-0.15, -0.1) is 0 Å². The molecule has 2 aromatic carbocycles. The normalized spacial score (nSPS) is 20.2. The number of hydrogen-bond donors (Lipinski definition) is 1. The van der Waals surface area contributed by atoms with Crippen molar-refractivity contribution in [3.63, 3.8) is 0 Å². The van der Waals surface area contributed by atoms with Crippen LogP contribution in [0.2, 0.25) is 10.0 Å². The zero-order valence-corrected chi connectivity index (χ0v) is 15.5. The van der Waals surface area contributed by atoms with Crippen LogP contribution in [0.5, 0.6) is 0 Å². The first-order chi connectivity index (χ1) is 12.2. The maximum absolute atomic E-state index is 14.2. The van der Waals surface area contributed by atoms with E-state index >= 15 is 0 Å². The largest absolute Gasteiger partial charge is 0.385 e. The lowest BCUT2D eigenvalue weighted by Gasteiger charge is -2.41. The number of halogens is 4. The van der Waals surface area contributed by atoms with Crippen molar-refractivity contribution in [2.45, 2.75) is 25.4 Å². The van der Waals surface area contributed by atoms with Crippen LogP contribution in [0.1, 0.15) is 25.3 Å². The molecule has 0 aromatic heterocycles. The molecular formula is C19H17Cl2F2NO2. The summed E-state index contributed by atoms with van der Waals surface area (Å²) in [5.41, 5.74) is -1.23. The minimum Gasteiger partial charge on any atom is -0.385 e. The van der Waals surface area contributed by atoms with E-state index in [9.17, 15) is 18.7 Å². The first kappa shape index (κ1) is 19.1. The molecule has 1 heterocycles. The predicted molar refractivity (Wildman–Crippen MR) is 97.5 cm³/mol. The van der Waals surface area contributed by atoms with Crippen molar-refractivity contribution >= 4 is 34.8 Å². The highest BCUT2D eigenvalue weighted by atomic mass is 35.5. The highest BCUT2D eigenvalue weighted by Gasteiger charge is 2.41. The number of para-hydroxylation sites is 1. The predicted octanol–water partition coefficient (Wildman–Crippen LogP) is 4.92. The van der Waals surface area contributed by atoms with Crippen LogP contribution < -0.4 is 4.90 Å². The van der Waals surface area contributed by atoms with E-state index in [1.165, 1.54) is 17.9 Å². The molecule has 138 valence electrons. The molecule has 3 rings (SSSR count). The number of rotatable bonds is 3. The van der Waals surface area contributed by atoms with Gasteiger partial charge in [0.2, 0.25) is 5.91 Å². The Balaban J connectivity index is 1.96. The van der Waals surface area contributed by atoms with Gasteiger partial charge < -0.3 is 10.0 Å². The minimum atomic E-state index is -1.59. The van der Waals surface area contributed by atoms with Gasteiger partial charge in [-0.2, -0.15) is 0 Å². The average molecular weight is 400 g/mol. The molecular weight excluding hydrogens is 383 g/mol. The zero-order chi connectivity index (χ0) is 19.1. The van der Waals surface area contributed by atoms with Crippen molar-refractivity contribution < 1.29 is 18.7 Å². The highest BCUT2D eigenvalue weighted by Crippen LogP contribution is 2.41. The van der Waals surface area contributed by atoms with Gasteiger partial charge in [-0.25, -0.2) is 8.78 Å². The van der Waals surface area contributed by atoms with Crippen molar-refractivity contribution in [1.29, 1.82) is 0 Å². The molecule has 0 bridgehead atoms. The number of amides is 1. The van der Waals surface area contributed by atoms with E-state index in [2.05, 4.69) is 0 Å². The number of hydrogen-bond acceptors (Lipinski definition) is 2. The second-order valence-electron chi connectivity index (χ2n) is 6.58. The molecule has 2 atom stereocenters. The molecule has 0 aliphatic carbocycles. The summed E-state index contributed by atoms with van der Waals surface area (Å²) in [5, 5.41) is 11.6. The van der Waals surface area contributed by atoms with Crippen LogP contribution in [0.15, 0.2) is 36.4 Å². The van der Waals surface area contributed by atoms with Gasteiger partial charge in [0.05, 0.1) is 21.3 Å². The van der Waals surface area contributed by atoms with Crippen molar-refractivity contribution in [2.75, 3.05) is 11.4 Å². The summed E-state index contributed by atoms with van der Waals surface area (Å²) < 4.78 is 27.4. The van der Waals surface area contributed by atoms with Gasteiger partial charge in [0.25, 0.3) is 0 Å². The summed E-state index contributed by atoms with van der Waals surface area (Å²) in [7, 11) is 0. The molecule has 7 heteroatoms. The molecule has 0 radical (unpaired) electrons. The van der Waals surface area contributed by atoms with E-state index in [1.54, 1.807) is 18.2 Å². The van der Waals surface area contributed by atoms with Gasteiger partial charge in [-0.05, 0) is 31.5 Å². The Morgan fingerprint density at radius 3 is 2.46 bits per heavy atom. The Kier molecular flexibility index (Phi) is 5.24. The Bertz CT molecular complexity index is 837. The molecule has 0 saturated carbocycles. The lowest BCUT2D eigenvalue weighted by molar-refractivity contribution is -0.122. The quantitative estimate of drug-likeness (QED) is 0.795. The fourth-order valence-corrected chi connectivity index (χ4v) is 3.99. The van der Waals surface area contributed by atoms with Crippen molar-refractivity contribution in [1.82, 2.24) is 0 Å². The van der Waals surface area contributed by atoms with Gasteiger partial charge in [0.15, 0.2) is 0 Å². The Labute approximate surface area is 160 Å². The topological polar surface area (TPSA) is 40.5 Å². The zero-order valence-electron chi connectivity index (χ0n) is 14.0. The van der Waals surface area contributed by atoms with E-state index in [0.717, 1.165) is 12.1 Å². The Morgan fingerprint density at radius 1 is 1.19 bits per heavy atom. The Hall–Kier alpha value is -1.69. The molecule has 26 heavy (non-hydrogen) atoms. The first-order valence-electron chi connectivity index (χ1n) is 8.14. The van der Waals surface area contributed by atoms with E-state index in [4.69, 9.17) is 23.2 Å². The SMILES string of the molecule is CC(O)(c1ccc(F)cc1F)C1CCC(=O)N(c2c(Cl)cccc2Cl)C1. The van der Waals surface area contributed by atoms with Gasteiger partial charge in [0, 0.05) is 30.5 Å². The van der Waals surface area contributed by atoms with E-state index in [1.807, 2.05) is 0 Å². The number of carbonyl (C=O) groups excluding carboxylic acids is 1. The van der Waals surface area contributed by atoms with Gasteiger partial charge in [-0.3, -0.25) is 4.79 Å². The summed E-state index contributed by atoms with van der Waals surface area (Å²) in [4.78, 5) is 13.8.